The molecule has 4 N–H and O–H groups in total. The molecule has 9 nitrogen and oxygen atoms in total. The first-order chi connectivity index (χ1) is 16.6. The summed E-state index contributed by atoms with van der Waals surface area (Å²) < 4.78 is 10.9. The number of carbonyl (C=O) groups is 1. The molecule has 0 unspecified atom stereocenters. The number of imidazole rings is 1. The molecule has 3 heterocycles. The summed E-state index contributed by atoms with van der Waals surface area (Å²) in [4.78, 5) is 26.4. The molecular weight excluding hydrogens is 456 g/mol. The highest BCUT2D eigenvalue weighted by Crippen LogP contribution is 2.44. The van der Waals surface area contributed by atoms with E-state index < -0.39 is 6.09 Å². The lowest BCUT2D eigenvalue weighted by atomic mass is 9.98. The number of hydrogen-bond donors (Lipinski definition) is 3. The molecule has 176 valence electrons. The van der Waals surface area contributed by atoms with E-state index in [1.807, 2.05) is 12.1 Å². The van der Waals surface area contributed by atoms with E-state index in [1.54, 1.807) is 6.20 Å². The summed E-state index contributed by atoms with van der Waals surface area (Å²) in [5.74, 6) is 1.08. The number of nitrogens with two attached hydrogens (primary N) is 1. The minimum absolute atomic E-state index is 0.137. The zero-order valence-electron chi connectivity index (χ0n) is 18.4. The van der Waals surface area contributed by atoms with Crippen LogP contribution in [0.2, 0.25) is 5.02 Å². The number of morpholine rings is 1. The van der Waals surface area contributed by atoms with Gasteiger partial charge in [0.05, 0.1) is 36.2 Å². The first-order valence-corrected chi connectivity index (χ1v) is 11.8. The van der Waals surface area contributed by atoms with Crippen LogP contribution in [0.1, 0.15) is 6.42 Å². The number of benzene rings is 1. The number of fused-ring (bicyclic) bond motifs is 3. The summed E-state index contributed by atoms with van der Waals surface area (Å²) in [6.07, 6.45) is 5.63. The molecule has 1 saturated carbocycles. The van der Waals surface area contributed by atoms with Crippen LogP contribution in [-0.4, -0.2) is 59.5 Å². The number of rotatable bonds is 5. The minimum atomic E-state index is -0.771. The summed E-state index contributed by atoms with van der Waals surface area (Å²) in [6.45, 7) is 3.18. The maximum atomic E-state index is 11.5. The molecule has 3 aliphatic rings. The SMILES string of the molecule is NC(=O)O[C@H]1[C@@H](Nc2c(Cl)cnc3nc(-c4cccc(N5CCOCC5)c4)[nH]c23)[C@@H]2C=C[C@H]1C2. The second kappa shape index (κ2) is 8.48. The second-order valence-corrected chi connectivity index (χ2v) is 9.34. The third-order valence-electron chi connectivity index (χ3n) is 6.92. The van der Waals surface area contributed by atoms with E-state index in [2.05, 4.69) is 44.5 Å². The molecule has 0 radical (unpaired) electrons. The Morgan fingerprint density at radius 2 is 2.09 bits per heavy atom. The van der Waals surface area contributed by atoms with Crippen molar-refractivity contribution < 1.29 is 14.3 Å². The van der Waals surface area contributed by atoms with Crippen LogP contribution in [0.3, 0.4) is 0 Å². The van der Waals surface area contributed by atoms with E-state index in [4.69, 9.17) is 31.8 Å². The number of hydrogen-bond acceptors (Lipinski definition) is 7. The van der Waals surface area contributed by atoms with Crippen molar-refractivity contribution in [3.63, 3.8) is 0 Å². The maximum absolute atomic E-state index is 11.5. The van der Waals surface area contributed by atoms with E-state index in [0.717, 1.165) is 44.0 Å². The largest absolute Gasteiger partial charge is 0.444 e. The Kier molecular flexibility index (Phi) is 5.30. The van der Waals surface area contributed by atoms with Gasteiger partial charge in [0.2, 0.25) is 0 Å². The number of nitrogens with one attached hydrogen (secondary N) is 2. The molecule has 0 spiro atoms. The highest BCUT2D eigenvalue weighted by molar-refractivity contribution is 6.34. The van der Waals surface area contributed by atoms with Gasteiger partial charge >= 0.3 is 6.09 Å². The number of H-pyrrole nitrogens is 1. The van der Waals surface area contributed by atoms with Crippen LogP contribution in [0, 0.1) is 11.8 Å². The molecule has 4 atom stereocenters. The predicted molar refractivity (Wildman–Crippen MR) is 130 cm³/mol. The minimum Gasteiger partial charge on any atom is -0.444 e. The van der Waals surface area contributed by atoms with Crippen molar-refractivity contribution in [2.75, 3.05) is 36.5 Å². The Labute approximate surface area is 201 Å². The van der Waals surface area contributed by atoms with E-state index in [9.17, 15) is 4.79 Å². The van der Waals surface area contributed by atoms with Gasteiger partial charge in [-0.1, -0.05) is 35.9 Å². The van der Waals surface area contributed by atoms with Gasteiger partial charge in [0, 0.05) is 36.2 Å². The Morgan fingerprint density at radius 3 is 2.91 bits per heavy atom. The fourth-order valence-electron chi connectivity index (χ4n) is 5.31. The number of nitrogens with zero attached hydrogens (tertiary/aromatic N) is 3. The fourth-order valence-corrected chi connectivity index (χ4v) is 5.51. The van der Waals surface area contributed by atoms with Crippen molar-refractivity contribution in [2.24, 2.45) is 17.6 Å². The van der Waals surface area contributed by atoms with Gasteiger partial charge in [-0.2, -0.15) is 0 Å². The average molecular weight is 481 g/mol. The van der Waals surface area contributed by atoms with Gasteiger partial charge in [-0.05, 0) is 18.6 Å². The molecule has 10 heteroatoms. The van der Waals surface area contributed by atoms with Gasteiger partial charge in [-0.3, -0.25) is 0 Å². The number of carbonyl (C=O) groups excluding carboxylic acids is 1. The summed E-state index contributed by atoms with van der Waals surface area (Å²) >= 11 is 6.58. The lowest BCUT2D eigenvalue weighted by molar-refractivity contribution is 0.0854. The van der Waals surface area contributed by atoms with Crippen LogP contribution in [0.5, 0.6) is 0 Å². The summed E-state index contributed by atoms with van der Waals surface area (Å²) in [6, 6.07) is 8.13. The van der Waals surface area contributed by atoms with Gasteiger partial charge in [-0.15, -0.1) is 0 Å². The van der Waals surface area contributed by atoms with Crippen molar-refractivity contribution in [1.82, 2.24) is 15.0 Å². The number of aromatic nitrogens is 3. The first kappa shape index (κ1) is 21.2. The van der Waals surface area contributed by atoms with E-state index in [-0.39, 0.29) is 24.0 Å². The lowest BCUT2D eigenvalue weighted by Gasteiger charge is -2.29. The number of aromatic amines is 1. The van der Waals surface area contributed by atoms with Crippen LogP contribution in [0.4, 0.5) is 16.2 Å². The van der Waals surface area contributed by atoms with Crippen LogP contribution < -0.4 is 16.0 Å². The van der Waals surface area contributed by atoms with Crippen molar-refractivity contribution in [1.29, 1.82) is 0 Å². The van der Waals surface area contributed by atoms with Gasteiger partial charge in [0.15, 0.2) is 5.65 Å². The molecule has 2 aliphatic carbocycles. The molecule has 34 heavy (non-hydrogen) atoms. The third-order valence-corrected chi connectivity index (χ3v) is 7.21. The number of ether oxygens (including phenoxy) is 2. The number of anilines is 2. The molecule has 2 bridgehead atoms. The monoisotopic (exact) mass is 480 g/mol. The van der Waals surface area contributed by atoms with Gasteiger partial charge in [-0.25, -0.2) is 14.8 Å². The Bertz CT molecular complexity index is 1270. The maximum Gasteiger partial charge on any atom is 0.404 e. The van der Waals surface area contributed by atoms with Crippen LogP contribution in [0.25, 0.3) is 22.6 Å². The summed E-state index contributed by atoms with van der Waals surface area (Å²) in [5, 5.41) is 3.98. The zero-order chi connectivity index (χ0) is 23.2. The average Bonchev–Trinajstić information content (AvgIpc) is 3.57. The first-order valence-electron chi connectivity index (χ1n) is 11.4. The topological polar surface area (TPSA) is 118 Å². The van der Waals surface area contributed by atoms with Crippen LogP contribution in [-0.2, 0) is 9.47 Å². The molecule has 1 amide bonds. The van der Waals surface area contributed by atoms with Gasteiger partial charge < -0.3 is 30.4 Å². The zero-order valence-corrected chi connectivity index (χ0v) is 19.2. The fraction of sp³-hybridized carbons (Fsp3) is 0.375. The Hall–Kier alpha value is -3.30. The smallest absolute Gasteiger partial charge is 0.404 e. The van der Waals surface area contributed by atoms with Gasteiger partial charge in [0.1, 0.15) is 17.4 Å². The number of pyridine rings is 1. The molecule has 6 rings (SSSR count). The second-order valence-electron chi connectivity index (χ2n) is 8.93. The number of halogens is 1. The Morgan fingerprint density at radius 1 is 1.26 bits per heavy atom. The molecule has 2 aromatic heterocycles. The quantitative estimate of drug-likeness (QED) is 0.478. The highest BCUT2D eigenvalue weighted by atomic mass is 35.5. The molecule has 2 fully saturated rings. The van der Waals surface area contributed by atoms with E-state index >= 15 is 0 Å². The molecular formula is C24H25ClN6O3. The van der Waals surface area contributed by atoms with Crippen molar-refractivity contribution in [2.45, 2.75) is 18.6 Å². The Balaban J connectivity index is 1.33. The normalized spacial score (nSPS) is 25.7. The van der Waals surface area contributed by atoms with E-state index in [0.29, 0.717) is 27.7 Å². The molecule has 1 aliphatic heterocycles. The molecule has 1 aromatic carbocycles. The highest BCUT2D eigenvalue weighted by Gasteiger charge is 2.47. The lowest BCUT2D eigenvalue weighted by Crippen LogP contribution is -2.41. The van der Waals surface area contributed by atoms with Crippen molar-refractivity contribution in [3.05, 3.63) is 47.6 Å². The van der Waals surface area contributed by atoms with E-state index in [1.165, 1.54) is 0 Å². The summed E-state index contributed by atoms with van der Waals surface area (Å²) in [7, 11) is 0. The summed E-state index contributed by atoms with van der Waals surface area (Å²) in [5.41, 5.74) is 9.39. The van der Waals surface area contributed by atoms with Crippen LogP contribution in [0.15, 0.2) is 42.6 Å². The van der Waals surface area contributed by atoms with Crippen molar-refractivity contribution in [3.8, 4) is 11.4 Å². The molecule has 1 saturated heterocycles. The van der Waals surface area contributed by atoms with Gasteiger partial charge in [0.25, 0.3) is 0 Å². The third kappa shape index (κ3) is 3.74. The predicted octanol–water partition coefficient (Wildman–Crippen LogP) is 3.57. The van der Waals surface area contributed by atoms with Crippen molar-refractivity contribution >= 4 is 40.2 Å². The molecule has 3 aromatic rings. The van der Waals surface area contributed by atoms with Crippen LogP contribution >= 0.6 is 11.6 Å². The number of amides is 1. The standard InChI is InChI=1S/C24H25ClN6O3/c25-17-12-27-23-20(19(17)28-18-13-4-5-14(10-13)21(18)34-24(26)32)29-22(30-23)15-2-1-3-16(11-15)31-6-8-33-9-7-31/h1-5,11-14,18,21H,6-10H2,(H2,26,32)(H2,27,28,29,30)/t13-,14+,18+,21-/m1/s1. The number of primary amides is 1.